The zero-order valence-corrected chi connectivity index (χ0v) is 11.7. The largest absolute Gasteiger partial charge is 0.380 e. The lowest BCUT2D eigenvalue weighted by Crippen LogP contribution is -2.40. The molecule has 0 aliphatic heterocycles. The molecule has 5 heteroatoms. The van der Waals surface area contributed by atoms with Gasteiger partial charge in [0.15, 0.2) is 0 Å². The number of nitrogens with one attached hydrogen (secondary N) is 1. The van der Waals surface area contributed by atoms with Crippen molar-refractivity contribution in [3.8, 4) is 0 Å². The Morgan fingerprint density at radius 2 is 1.82 bits per heavy atom. The lowest BCUT2D eigenvalue weighted by molar-refractivity contribution is 0.00299. The Bertz CT molecular complexity index is 382. The highest BCUT2D eigenvalue weighted by atomic mass is 35.5. The van der Waals surface area contributed by atoms with Crippen molar-refractivity contribution in [2.24, 2.45) is 0 Å². The van der Waals surface area contributed by atoms with E-state index in [1.165, 1.54) is 0 Å². The van der Waals surface area contributed by atoms with Gasteiger partial charge in [0, 0.05) is 17.7 Å². The number of benzene rings is 1. The number of ether oxygens (including phenoxy) is 1. The standard InChI is InChI=1S/C12H14Cl3NO/c1-2-17-9-5-8(6-9)16-12-10(14)3-7(13)4-11(12)15/h3-4,8-9,16H,2,5-6H2,1H3. The van der Waals surface area contributed by atoms with Crippen molar-refractivity contribution in [1.29, 1.82) is 0 Å². The van der Waals surface area contributed by atoms with E-state index >= 15 is 0 Å². The molecule has 0 aromatic heterocycles. The molecule has 2 rings (SSSR count). The molecule has 0 atom stereocenters. The van der Waals surface area contributed by atoms with Crippen LogP contribution in [0.1, 0.15) is 19.8 Å². The van der Waals surface area contributed by atoms with E-state index in [4.69, 9.17) is 39.5 Å². The molecule has 1 aliphatic rings. The van der Waals surface area contributed by atoms with Gasteiger partial charge >= 0.3 is 0 Å². The number of halogens is 3. The van der Waals surface area contributed by atoms with Crippen molar-refractivity contribution in [1.82, 2.24) is 0 Å². The smallest absolute Gasteiger partial charge is 0.0722 e. The van der Waals surface area contributed by atoms with Gasteiger partial charge in [-0.1, -0.05) is 34.8 Å². The molecule has 0 heterocycles. The van der Waals surface area contributed by atoms with Gasteiger partial charge in [-0.05, 0) is 31.9 Å². The second-order valence-electron chi connectivity index (χ2n) is 4.13. The molecule has 0 radical (unpaired) electrons. The highest BCUT2D eigenvalue weighted by Gasteiger charge is 2.30. The average Bonchev–Trinajstić information content (AvgIpc) is 2.18. The summed E-state index contributed by atoms with van der Waals surface area (Å²) in [5.41, 5.74) is 0.762. The van der Waals surface area contributed by atoms with Crippen LogP contribution in [-0.2, 0) is 4.74 Å². The fourth-order valence-electron chi connectivity index (χ4n) is 1.94. The Labute approximate surface area is 116 Å². The lowest BCUT2D eigenvalue weighted by Gasteiger charge is -2.36. The zero-order chi connectivity index (χ0) is 12.4. The van der Waals surface area contributed by atoms with Gasteiger partial charge < -0.3 is 10.1 Å². The second-order valence-corrected chi connectivity index (χ2v) is 5.39. The minimum atomic E-state index is 0.363. The Hall–Kier alpha value is -0.150. The maximum atomic E-state index is 6.09. The van der Waals surface area contributed by atoms with Crippen LogP contribution in [0.4, 0.5) is 5.69 Å². The van der Waals surface area contributed by atoms with Crippen LogP contribution in [0.5, 0.6) is 0 Å². The number of hydrogen-bond donors (Lipinski definition) is 1. The predicted molar refractivity (Wildman–Crippen MR) is 73.5 cm³/mol. The van der Waals surface area contributed by atoms with Gasteiger partial charge in [-0.15, -0.1) is 0 Å². The molecule has 2 nitrogen and oxygen atoms in total. The zero-order valence-electron chi connectivity index (χ0n) is 9.47. The van der Waals surface area contributed by atoms with Crippen LogP contribution in [0.15, 0.2) is 12.1 Å². The maximum Gasteiger partial charge on any atom is 0.0722 e. The van der Waals surface area contributed by atoms with E-state index in [-0.39, 0.29) is 0 Å². The van der Waals surface area contributed by atoms with E-state index in [0.29, 0.717) is 27.2 Å². The molecule has 1 aliphatic carbocycles. The first-order chi connectivity index (χ1) is 8.10. The third kappa shape index (κ3) is 3.19. The Morgan fingerprint density at radius 3 is 2.35 bits per heavy atom. The molecule has 1 aromatic carbocycles. The van der Waals surface area contributed by atoms with Crippen molar-refractivity contribution in [2.75, 3.05) is 11.9 Å². The fourth-order valence-corrected chi connectivity index (χ4v) is 2.87. The fraction of sp³-hybridized carbons (Fsp3) is 0.500. The van der Waals surface area contributed by atoms with Crippen LogP contribution in [-0.4, -0.2) is 18.8 Å². The second kappa shape index (κ2) is 5.66. The maximum absolute atomic E-state index is 6.09. The first-order valence-electron chi connectivity index (χ1n) is 5.62. The molecule has 94 valence electrons. The number of anilines is 1. The monoisotopic (exact) mass is 293 g/mol. The molecule has 0 saturated heterocycles. The van der Waals surface area contributed by atoms with Gasteiger partial charge in [0.2, 0.25) is 0 Å². The summed E-state index contributed by atoms with van der Waals surface area (Å²) in [4.78, 5) is 0. The van der Waals surface area contributed by atoms with E-state index in [2.05, 4.69) is 5.32 Å². The van der Waals surface area contributed by atoms with Crippen molar-refractivity contribution in [3.63, 3.8) is 0 Å². The highest BCUT2D eigenvalue weighted by Crippen LogP contribution is 2.36. The Morgan fingerprint density at radius 1 is 1.24 bits per heavy atom. The van der Waals surface area contributed by atoms with Gasteiger partial charge in [0.25, 0.3) is 0 Å². The van der Waals surface area contributed by atoms with E-state index in [1.54, 1.807) is 12.1 Å². The van der Waals surface area contributed by atoms with Gasteiger partial charge in [-0.3, -0.25) is 0 Å². The minimum absolute atomic E-state index is 0.363. The van der Waals surface area contributed by atoms with Crippen LogP contribution in [0.3, 0.4) is 0 Å². The van der Waals surface area contributed by atoms with E-state index in [1.807, 2.05) is 6.92 Å². The van der Waals surface area contributed by atoms with E-state index < -0.39 is 0 Å². The molecule has 0 unspecified atom stereocenters. The van der Waals surface area contributed by atoms with Crippen LogP contribution in [0.25, 0.3) is 0 Å². The normalized spacial score (nSPS) is 23.3. The Balaban J connectivity index is 1.97. The summed E-state index contributed by atoms with van der Waals surface area (Å²) in [7, 11) is 0. The first-order valence-corrected chi connectivity index (χ1v) is 6.76. The van der Waals surface area contributed by atoms with E-state index in [0.717, 1.165) is 25.1 Å². The molecule has 0 amide bonds. The SMILES string of the molecule is CCOC1CC(Nc2c(Cl)cc(Cl)cc2Cl)C1. The molecule has 1 saturated carbocycles. The quantitative estimate of drug-likeness (QED) is 0.874. The Kier molecular flexibility index (Phi) is 4.42. The van der Waals surface area contributed by atoms with E-state index in [9.17, 15) is 0 Å². The summed E-state index contributed by atoms with van der Waals surface area (Å²) < 4.78 is 5.50. The van der Waals surface area contributed by atoms with Crippen molar-refractivity contribution < 1.29 is 4.74 Å². The summed E-state index contributed by atoms with van der Waals surface area (Å²) >= 11 is 18.0. The third-order valence-electron chi connectivity index (χ3n) is 2.85. The molecule has 1 fully saturated rings. The molecule has 0 bridgehead atoms. The van der Waals surface area contributed by atoms with Crippen molar-refractivity contribution in [2.45, 2.75) is 31.9 Å². The molecule has 0 spiro atoms. The van der Waals surface area contributed by atoms with Gasteiger partial charge in [0.1, 0.15) is 0 Å². The summed E-state index contributed by atoms with van der Waals surface area (Å²) in [5, 5.41) is 4.99. The minimum Gasteiger partial charge on any atom is -0.380 e. The third-order valence-corrected chi connectivity index (χ3v) is 3.67. The molecular weight excluding hydrogens is 280 g/mol. The van der Waals surface area contributed by atoms with Gasteiger partial charge in [-0.2, -0.15) is 0 Å². The first kappa shape index (κ1) is 13.3. The average molecular weight is 295 g/mol. The summed E-state index contributed by atoms with van der Waals surface area (Å²) in [6.07, 6.45) is 2.34. The predicted octanol–water partition coefficient (Wildman–Crippen LogP) is 4.63. The molecule has 1 aromatic rings. The summed E-state index contributed by atoms with van der Waals surface area (Å²) in [6, 6.07) is 3.76. The highest BCUT2D eigenvalue weighted by molar-refractivity contribution is 6.41. The molecular formula is C12H14Cl3NO. The van der Waals surface area contributed by atoms with Crippen molar-refractivity contribution in [3.05, 3.63) is 27.2 Å². The van der Waals surface area contributed by atoms with Gasteiger partial charge in [-0.25, -0.2) is 0 Å². The summed E-state index contributed by atoms with van der Waals surface area (Å²) in [5.74, 6) is 0. The van der Waals surface area contributed by atoms with Crippen LogP contribution >= 0.6 is 34.8 Å². The lowest BCUT2D eigenvalue weighted by atomic mass is 9.89. The number of hydrogen-bond acceptors (Lipinski definition) is 2. The summed E-state index contributed by atoms with van der Waals surface area (Å²) in [6.45, 7) is 2.77. The van der Waals surface area contributed by atoms with Crippen LogP contribution in [0.2, 0.25) is 15.1 Å². The molecule has 17 heavy (non-hydrogen) atoms. The molecule has 1 N–H and O–H groups in total. The van der Waals surface area contributed by atoms with Crippen molar-refractivity contribution >= 4 is 40.5 Å². The topological polar surface area (TPSA) is 21.3 Å². The van der Waals surface area contributed by atoms with Gasteiger partial charge in [0.05, 0.1) is 21.8 Å². The van der Waals surface area contributed by atoms with Crippen LogP contribution < -0.4 is 5.32 Å². The van der Waals surface area contributed by atoms with Crippen LogP contribution in [0, 0.1) is 0 Å². The number of rotatable bonds is 4.